The summed E-state index contributed by atoms with van der Waals surface area (Å²) in [5, 5.41) is 29.8. The van der Waals surface area contributed by atoms with Gasteiger partial charge in [-0.15, -0.1) is 0 Å². The molecule has 114 valence electrons. The van der Waals surface area contributed by atoms with Crippen molar-refractivity contribution in [3.63, 3.8) is 0 Å². The van der Waals surface area contributed by atoms with Crippen LogP contribution in [0.25, 0.3) is 10.9 Å². The predicted molar refractivity (Wildman–Crippen MR) is 79.4 cm³/mol. The number of ether oxygens (including phenoxy) is 2. The van der Waals surface area contributed by atoms with E-state index in [0.717, 1.165) is 5.52 Å². The second-order valence-corrected chi connectivity index (χ2v) is 5.99. The van der Waals surface area contributed by atoms with Crippen LogP contribution in [-0.2, 0) is 4.74 Å². The summed E-state index contributed by atoms with van der Waals surface area (Å²) in [5.74, 6) is 0.395. The van der Waals surface area contributed by atoms with Gasteiger partial charge in [0, 0.05) is 10.7 Å². The van der Waals surface area contributed by atoms with Crippen LogP contribution in [0.3, 0.4) is 0 Å². The normalized spacial score (nSPS) is 29.2. The molecule has 21 heavy (non-hydrogen) atoms. The highest BCUT2D eigenvalue weighted by molar-refractivity contribution is 9.10. The Kier molecular flexibility index (Phi) is 4.13. The van der Waals surface area contributed by atoms with E-state index in [1.807, 2.05) is 6.07 Å². The van der Waals surface area contributed by atoms with Crippen LogP contribution in [0.15, 0.2) is 22.8 Å². The molecule has 0 radical (unpaired) electrons. The minimum Gasteiger partial charge on any atom is -0.460 e. The van der Waals surface area contributed by atoms with Crippen LogP contribution in [0.5, 0.6) is 5.75 Å². The molecule has 0 aliphatic carbocycles. The summed E-state index contributed by atoms with van der Waals surface area (Å²) in [5.41, 5.74) is 0.768. The SMILES string of the molecule is OC[C@H]1O[C@@H](Oc2c[nH]c3ccc(Br)c(Cl)c23)[C@H](O)[C@@H]1O. The number of hydrogen-bond donors (Lipinski definition) is 4. The molecule has 2 heterocycles. The number of hydrogen-bond acceptors (Lipinski definition) is 5. The lowest BCUT2D eigenvalue weighted by Gasteiger charge is -2.16. The Morgan fingerprint density at radius 1 is 1.33 bits per heavy atom. The van der Waals surface area contributed by atoms with Gasteiger partial charge in [-0.25, -0.2) is 0 Å². The predicted octanol–water partition coefficient (Wildman–Crippen LogP) is 1.40. The van der Waals surface area contributed by atoms with Gasteiger partial charge in [0.25, 0.3) is 0 Å². The lowest BCUT2D eigenvalue weighted by Crippen LogP contribution is -2.35. The third kappa shape index (κ3) is 2.54. The molecule has 0 saturated carbocycles. The number of aliphatic hydroxyl groups excluding tert-OH is 3. The van der Waals surface area contributed by atoms with Crippen molar-refractivity contribution < 1.29 is 24.8 Å². The number of nitrogens with one attached hydrogen (secondary N) is 1. The van der Waals surface area contributed by atoms with Gasteiger partial charge in [-0.05, 0) is 28.1 Å². The highest BCUT2D eigenvalue weighted by atomic mass is 79.9. The van der Waals surface area contributed by atoms with E-state index in [-0.39, 0.29) is 0 Å². The summed E-state index contributed by atoms with van der Waals surface area (Å²) in [4.78, 5) is 3.00. The van der Waals surface area contributed by atoms with Crippen molar-refractivity contribution in [1.82, 2.24) is 4.98 Å². The largest absolute Gasteiger partial charge is 0.460 e. The first-order valence-electron chi connectivity index (χ1n) is 6.27. The van der Waals surface area contributed by atoms with Crippen molar-refractivity contribution >= 4 is 38.4 Å². The minimum absolute atomic E-state index is 0.395. The maximum atomic E-state index is 9.89. The number of aliphatic hydroxyl groups is 3. The lowest BCUT2D eigenvalue weighted by atomic mass is 10.1. The Hall–Kier alpha value is -0.830. The van der Waals surface area contributed by atoms with E-state index < -0.39 is 31.2 Å². The summed E-state index contributed by atoms with van der Waals surface area (Å²) >= 11 is 9.57. The maximum absolute atomic E-state index is 9.89. The van der Waals surface area contributed by atoms with Crippen molar-refractivity contribution in [2.24, 2.45) is 0 Å². The summed E-state index contributed by atoms with van der Waals surface area (Å²) < 4.78 is 11.6. The molecule has 1 fully saturated rings. The van der Waals surface area contributed by atoms with E-state index in [9.17, 15) is 10.2 Å². The summed E-state index contributed by atoms with van der Waals surface area (Å²) in [6, 6.07) is 3.63. The van der Waals surface area contributed by atoms with Crippen LogP contribution in [0.2, 0.25) is 5.02 Å². The molecule has 2 aromatic rings. The number of rotatable bonds is 3. The molecule has 1 aromatic heterocycles. The third-order valence-corrected chi connectivity index (χ3v) is 4.72. The molecular weight excluding hydrogens is 366 g/mol. The van der Waals surface area contributed by atoms with E-state index >= 15 is 0 Å². The Labute approximate surface area is 133 Å². The molecular formula is C13H13BrClNO5. The molecule has 0 amide bonds. The van der Waals surface area contributed by atoms with Crippen LogP contribution in [0.4, 0.5) is 0 Å². The Morgan fingerprint density at radius 2 is 2.10 bits per heavy atom. The first-order valence-corrected chi connectivity index (χ1v) is 7.44. The molecule has 1 aromatic carbocycles. The molecule has 6 nitrogen and oxygen atoms in total. The molecule has 0 spiro atoms. The molecule has 4 N–H and O–H groups in total. The number of H-pyrrole nitrogens is 1. The second kappa shape index (κ2) is 5.75. The molecule has 8 heteroatoms. The molecule has 0 unspecified atom stereocenters. The Morgan fingerprint density at radius 3 is 2.76 bits per heavy atom. The average Bonchev–Trinajstić information content (AvgIpc) is 3.00. The fourth-order valence-electron chi connectivity index (χ4n) is 2.31. The van der Waals surface area contributed by atoms with Gasteiger partial charge >= 0.3 is 0 Å². The van der Waals surface area contributed by atoms with Gasteiger partial charge in [-0.1, -0.05) is 11.6 Å². The van der Waals surface area contributed by atoms with E-state index in [1.165, 1.54) is 0 Å². The average molecular weight is 379 g/mol. The van der Waals surface area contributed by atoms with Crippen molar-refractivity contribution in [2.45, 2.75) is 24.6 Å². The Balaban J connectivity index is 1.91. The van der Waals surface area contributed by atoms with Crippen molar-refractivity contribution in [2.75, 3.05) is 6.61 Å². The topological polar surface area (TPSA) is 94.9 Å². The smallest absolute Gasteiger partial charge is 0.229 e. The third-order valence-electron chi connectivity index (χ3n) is 3.44. The van der Waals surface area contributed by atoms with Crippen LogP contribution in [0.1, 0.15) is 0 Å². The molecule has 3 rings (SSSR count). The van der Waals surface area contributed by atoms with Crippen molar-refractivity contribution in [1.29, 1.82) is 0 Å². The fraction of sp³-hybridized carbons (Fsp3) is 0.385. The zero-order chi connectivity index (χ0) is 15.1. The standard InChI is InChI=1S/C13H13BrClNO5/c14-5-1-2-6-9(10(5)15)7(3-16-6)20-13-12(19)11(18)8(4-17)21-13/h1-3,8,11-13,16-19H,4H2/t8-,11-,12-,13-/m1/s1. The minimum atomic E-state index is -1.25. The maximum Gasteiger partial charge on any atom is 0.229 e. The van der Waals surface area contributed by atoms with E-state index in [4.69, 9.17) is 26.2 Å². The molecule has 0 bridgehead atoms. The van der Waals surface area contributed by atoms with Gasteiger partial charge in [-0.3, -0.25) is 0 Å². The monoisotopic (exact) mass is 377 g/mol. The number of aromatic nitrogens is 1. The molecule has 1 saturated heterocycles. The van der Waals surface area contributed by atoms with Crippen LogP contribution >= 0.6 is 27.5 Å². The summed E-state index contributed by atoms with van der Waals surface area (Å²) in [7, 11) is 0. The van der Waals surface area contributed by atoms with E-state index in [1.54, 1.807) is 12.3 Å². The molecule has 4 atom stereocenters. The van der Waals surface area contributed by atoms with Crippen LogP contribution in [0, 0.1) is 0 Å². The number of halogens is 2. The Bertz CT molecular complexity index is 663. The van der Waals surface area contributed by atoms with Crippen LogP contribution < -0.4 is 4.74 Å². The van der Waals surface area contributed by atoms with Gasteiger partial charge in [0.05, 0.1) is 22.5 Å². The van der Waals surface area contributed by atoms with Gasteiger partial charge in [-0.2, -0.15) is 0 Å². The van der Waals surface area contributed by atoms with E-state index in [2.05, 4.69) is 20.9 Å². The zero-order valence-electron chi connectivity index (χ0n) is 10.7. The zero-order valence-corrected chi connectivity index (χ0v) is 13.0. The second-order valence-electron chi connectivity index (χ2n) is 4.76. The van der Waals surface area contributed by atoms with Gasteiger partial charge in [0.2, 0.25) is 6.29 Å². The first-order chi connectivity index (χ1) is 10.0. The molecule has 1 aliphatic heterocycles. The van der Waals surface area contributed by atoms with Crippen molar-refractivity contribution in [3.05, 3.63) is 27.8 Å². The summed E-state index contributed by atoms with van der Waals surface area (Å²) in [6.07, 6.45) is -2.81. The van der Waals surface area contributed by atoms with Gasteiger partial charge in [0.1, 0.15) is 24.1 Å². The summed E-state index contributed by atoms with van der Waals surface area (Å²) in [6.45, 7) is -0.404. The van der Waals surface area contributed by atoms with Gasteiger partial charge in [0.15, 0.2) is 0 Å². The highest BCUT2D eigenvalue weighted by Crippen LogP contribution is 2.38. The molecule has 1 aliphatic rings. The number of benzene rings is 1. The quantitative estimate of drug-likeness (QED) is 0.648. The number of aromatic amines is 1. The highest BCUT2D eigenvalue weighted by Gasteiger charge is 2.44. The van der Waals surface area contributed by atoms with Crippen LogP contribution in [-0.4, -0.2) is 51.5 Å². The van der Waals surface area contributed by atoms with E-state index in [0.29, 0.717) is 20.6 Å². The lowest BCUT2D eigenvalue weighted by molar-refractivity contribution is -0.115. The first kappa shape index (κ1) is 15.1. The van der Waals surface area contributed by atoms with Crippen molar-refractivity contribution in [3.8, 4) is 5.75 Å². The van der Waals surface area contributed by atoms with Gasteiger partial charge < -0.3 is 29.8 Å². The fourth-order valence-corrected chi connectivity index (χ4v) is 2.90. The number of fused-ring (bicyclic) bond motifs is 1.